The summed E-state index contributed by atoms with van der Waals surface area (Å²) in [5, 5.41) is 0. The Hall–Kier alpha value is 0.517. The monoisotopic (exact) mass is 81.1 g/mol. The van der Waals surface area contributed by atoms with Crippen molar-refractivity contribution in [3.8, 4) is 0 Å². The summed E-state index contributed by atoms with van der Waals surface area (Å²) in [5.74, 6) is 0. The van der Waals surface area contributed by atoms with Crippen LogP contribution in [0.25, 0.3) is 0 Å². The van der Waals surface area contributed by atoms with Crippen LogP contribution in [0.15, 0.2) is 0 Å². The Morgan fingerprint density at radius 1 is 1.00 bits per heavy atom. The molecule has 0 N–H and O–H groups in total. The number of hydrogen-bond acceptors (Lipinski definition) is 2. The molecule has 0 atom stereocenters. The average molecular weight is 81.0 g/mol. The zero-order valence-electron chi connectivity index (χ0n) is 3.94. The fraction of sp³-hybridized carbons (Fsp3) is 1.00. The maximum absolute atomic E-state index is 4.72. The summed E-state index contributed by atoms with van der Waals surface area (Å²) in [5.41, 5.74) is 0. The first-order chi connectivity index (χ1) is 2.50. The molecular weight excluding hydrogens is 75.0 g/mol. The zero-order valence-corrected chi connectivity index (χ0v) is 3.94. The van der Waals surface area contributed by atoms with Crippen molar-refractivity contribution in [3.05, 3.63) is 0 Å². The minimum Gasteiger partial charge on any atom is -0.353 e. The molecule has 0 saturated carbocycles. The quantitative estimate of drug-likeness (QED) is 0.370. The van der Waals surface area contributed by atoms with Crippen molar-refractivity contribution in [2.75, 3.05) is 20.0 Å². The van der Waals surface area contributed by atoms with Gasteiger partial charge in [-0.05, 0) is 0 Å². The van der Waals surface area contributed by atoms with E-state index in [1.807, 2.05) is 0 Å². The van der Waals surface area contributed by atoms with E-state index in [2.05, 4.69) is 0 Å². The summed E-state index contributed by atoms with van der Waals surface area (Å²) in [7, 11) is 0. The van der Waals surface area contributed by atoms with Gasteiger partial charge in [0.1, 0.15) is 6.79 Å². The van der Waals surface area contributed by atoms with Crippen molar-refractivity contribution < 1.29 is 9.47 Å². The molecule has 0 aromatic heterocycles. The molecule has 0 amide bonds. The van der Waals surface area contributed by atoms with Crippen LogP contribution >= 0.6 is 0 Å². The molecule has 0 spiro atoms. The Morgan fingerprint density at radius 2 is 1.50 bits per heavy atom. The van der Waals surface area contributed by atoms with E-state index < -0.39 is 0 Å². The molecule has 1 rings (SSSR count). The summed E-state index contributed by atoms with van der Waals surface area (Å²) < 4.78 is 9.44. The first-order valence-corrected chi connectivity index (χ1v) is 1.65. The predicted molar refractivity (Wildman–Crippen MR) is 22.5 cm³/mol. The van der Waals surface area contributed by atoms with Crippen LogP contribution in [0.1, 0.15) is 0 Å². The van der Waals surface area contributed by atoms with E-state index in [1.165, 1.54) is 0 Å². The van der Waals surface area contributed by atoms with Crippen LogP contribution in [0.4, 0.5) is 0 Å². The first-order valence-electron chi connectivity index (χ1n) is 1.65. The zero-order chi connectivity index (χ0) is 3.54. The summed E-state index contributed by atoms with van der Waals surface area (Å²) in [4.78, 5) is 0. The summed E-state index contributed by atoms with van der Waals surface area (Å²) >= 11 is 0. The molecule has 31 valence electrons. The molecule has 1 radical (unpaired) electrons. The maximum atomic E-state index is 4.72. The van der Waals surface area contributed by atoms with Gasteiger partial charge in [-0.2, -0.15) is 0 Å². The van der Waals surface area contributed by atoms with Crippen LogP contribution in [0.2, 0.25) is 0 Å². The second-order valence-electron chi connectivity index (χ2n) is 0.934. The van der Waals surface area contributed by atoms with Crippen molar-refractivity contribution >= 4 is 18.9 Å². The third kappa shape index (κ3) is 1.84. The van der Waals surface area contributed by atoms with Gasteiger partial charge in [0.2, 0.25) is 0 Å². The van der Waals surface area contributed by atoms with Gasteiger partial charge in [0.15, 0.2) is 0 Å². The van der Waals surface area contributed by atoms with E-state index in [4.69, 9.17) is 9.47 Å². The molecule has 1 aliphatic rings. The Morgan fingerprint density at radius 3 is 1.67 bits per heavy atom. The SMILES string of the molecule is C1COCO1.[Li]. The van der Waals surface area contributed by atoms with Crippen LogP contribution in [0.3, 0.4) is 0 Å². The Balaban J connectivity index is 0.000000250. The third-order valence-electron chi connectivity index (χ3n) is 0.539. The molecule has 0 unspecified atom stereocenters. The summed E-state index contributed by atoms with van der Waals surface area (Å²) in [6, 6.07) is 0. The number of hydrogen-bond donors (Lipinski definition) is 0. The molecular formula is C3H6LiO2. The van der Waals surface area contributed by atoms with Crippen LogP contribution in [-0.2, 0) is 9.47 Å². The maximum Gasteiger partial charge on any atom is 0.146 e. The fourth-order valence-corrected chi connectivity index (χ4v) is 0.295. The van der Waals surface area contributed by atoms with Gasteiger partial charge in [-0.1, -0.05) is 0 Å². The van der Waals surface area contributed by atoms with E-state index in [-0.39, 0.29) is 18.9 Å². The molecule has 0 bridgehead atoms. The minimum absolute atomic E-state index is 0. The van der Waals surface area contributed by atoms with Gasteiger partial charge >= 0.3 is 0 Å². The largest absolute Gasteiger partial charge is 0.353 e. The van der Waals surface area contributed by atoms with Crippen molar-refractivity contribution in [3.63, 3.8) is 0 Å². The van der Waals surface area contributed by atoms with Gasteiger partial charge in [-0.3, -0.25) is 0 Å². The van der Waals surface area contributed by atoms with Gasteiger partial charge in [-0.25, -0.2) is 0 Å². The predicted octanol–water partition coefficient (Wildman–Crippen LogP) is -0.390. The second-order valence-corrected chi connectivity index (χ2v) is 0.934. The molecule has 2 nitrogen and oxygen atoms in total. The van der Waals surface area contributed by atoms with Crippen LogP contribution < -0.4 is 0 Å². The fourth-order valence-electron chi connectivity index (χ4n) is 0.295. The normalized spacial score (nSPS) is 20.0. The first kappa shape index (κ1) is 6.52. The summed E-state index contributed by atoms with van der Waals surface area (Å²) in [6.45, 7) is 2.06. The molecule has 1 saturated heterocycles. The third-order valence-corrected chi connectivity index (χ3v) is 0.539. The van der Waals surface area contributed by atoms with Crippen molar-refractivity contribution in [1.29, 1.82) is 0 Å². The van der Waals surface area contributed by atoms with E-state index in [9.17, 15) is 0 Å². The van der Waals surface area contributed by atoms with Crippen LogP contribution in [0.5, 0.6) is 0 Å². The van der Waals surface area contributed by atoms with E-state index in [0.29, 0.717) is 6.79 Å². The average Bonchev–Trinajstić information content (AvgIpc) is 1.76. The van der Waals surface area contributed by atoms with Gasteiger partial charge in [0.05, 0.1) is 13.2 Å². The van der Waals surface area contributed by atoms with Crippen LogP contribution in [-0.4, -0.2) is 38.9 Å². The molecule has 0 aliphatic carbocycles. The standard InChI is InChI=1S/C3H6O2.Li/c1-2-5-3-4-1;/h1-3H2;. The Labute approximate surface area is 49.0 Å². The Kier molecular flexibility index (Phi) is 4.02. The van der Waals surface area contributed by atoms with Crippen LogP contribution in [0, 0.1) is 0 Å². The van der Waals surface area contributed by atoms with E-state index in [0.717, 1.165) is 13.2 Å². The van der Waals surface area contributed by atoms with Gasteiger partial charge in [0, 0.05) is 18.9 Å². The molecule has 1 aliphatic heterocycles. The minimum atomic E-state index is 0. The second kappa shape index (κ2) is 3.70. The molecule has 3 heteroatoms. The topological polar surface area (TPSA) is 18.5 Å². The van der Waals surface area contributed by atoms with Gasteiger partial charge in [0.25, 0.3) is 0 Å². The van der Waals surface area contributed by atoms with Gasteiger partial charge in [-0.15, -0.1) is 0 Å². The summed E-state index contributed by atoms with van der Waals surface area (Å²) in [6.07, 6.45) is 0. The van der Waals surface area contributed by atoms with Crippen molar-refractivity contribution in [1.82, 2.24) is 0 Å². The number of ether oxygens (including phenoxy) is 2. The molecule has 1 heterocycles. The van der Waals surface area contributed by atoms with E-state index in [1.54, 1.807) is 0 Å². The number of rotatable bonds is 0. The van der Waals surface area contributed by atoms with Gasteiger partial charge < -0.3 is 9.47 Å². The molecule has 0 aromatic rings. The van der Waals surface area contributed by atoms with Crippen molar-refractivity contribution in [2.24, 2.45) is 0 Å². The molecule has 6 heavy (non-hydrogen) atoms. The molecule has 0 aromatic carbocycles. The molecule has 1 fully saturated rings. The smallest absolute Gasteiger partial charge is 0.146 e. The van der Waals surface area contributed by atoms with E-state index >= 15 is 0 Å². The Bertz CT molecular complexity index is 20.4. The van der Waals surface area contributed by atoms with Crippen molar-refractivity contribution in [2.45, 2.75) is 0 Å².